The summed E-state index contributed by atoms with van der Waals surface area (Å²) >= 11 is 5.79. The Kier molecular flexibility index (Phi) is 5.11. The van der Waals surface area contributed by atoms with E-state index in [2.05, 4.69) is 10.6 Å². The predicted molar refractivity (Wildman–Crippen MR) is 69.8 cm³/mol. The Morgan fingerprint density at radius 1 is 1.37 bits per heavy atom. The molecule has 0 fully saturated rings. The average molecular weight is 289 g/mol. The van der Waals surface area contributed by atoms with Gasteiger partial charge in [-0.3, -0.25) is 4.79 Å². The summed E-state index contributed by atoms with van der Waals surface area (Å²) in [4.78, 5) is 22.4. The predicted octanol–water partition coefficient (Wildman–Crippen LogP) is 2.71. The Labute approximate surface area is 114 Å². The van der Waals surface area contributed by atoms with Gasteiger partial charge in [-0.2, -0.15) is 0 Å². The van der Waals surface area contributed by atoms with Crippen molar-refractivity contribution in [3.8, 4) is 0 Å². The molecule has 7 heteroatoms. The van der Waals surface area contributed by atoms with Crippen LogP contribution in [0.15, 0.2) is 18.2 Å². The largest absolute Gasteiger partial charge is 0.481 e. The molecule has 0 aromatic heterocycles. The SMILES string of the molecule is CC(NC(=O)Nc1cc(F)ccc1Cl)C(C)C(=O)O. The number of urea groups is 1. The molecule has 19 heavy (non-hydrogen) atoms. The van der Waals surface area contributed by atoms with Gasteiger partial charge in [-0.05, 0) is 32.0 Å². The number of carboxylic acids is 1. The molecule has 5 nitrogen and oxygen atoms in total. The maximum atomic E-state index is 13.0. The van der Waals surface area contributed by atoms with E-state index in [4.69, 9.17) is 16.7 Å². The standard InChI is InChI=1S/C12H14ClFN2O3/c1-6(11(17)18)7(2)15-12(19)16-10-5-8(14)3-4-9(10)13/h3-7H,1-2H3,(H,17,18)(H2,15,16,19). The molecule has 3 N–H and O–H groups in total. The van der Waals surface area contributed by atoms with Crippen molar-refractivity contribution in [3.63, 3.8) is 0 Å². The van der Waals surface area contributed by atoms with Crippen molar-refractivity contribution in [2.24, 2.45) is 5.92 Å². The van der Waals surface area contributed by atoms with E-state index in [1.165, 1.54) is 19.1 Å². The highest BCUT2D eigenvalue weighted by Gasteiger charge is 2.21. The zero-order chi connectivity index (χ0) is 14.6. The lowest BCUT2D eigenvalue weighted by molar-refractivity contribution is -0.141. The lowest BCUT2D eigenvalue weighted by atomic mass is 10.0. The molecule has 1 rings (SSSR count). The zero-order valence-electron chi connectivity index (χ0n) is 10.4. The number of halogens is 2. The topological polar surface area (TPSA) is 78.4 Å². The summed E-state index contributed by atoms with van der Waals surface area (Å²) in [6.07, 6.45) is 0. The fourth-order valence-electron chi connectivity index (χ4n) is 1.30. The number of nitrogens with one attached hydrogen (secondary N) is 2. The number of hydrogen-bond donors (Lipinski definition) is 3. The molecule has 0 radical (unpaired) electrons. The number of carboxylic acid groups (broad SMARTS) is 1. The fourth-order valence-corrected chi connectivity index (χ4v) is 1.46. The van der Waals surface area contributed by atoms with Crippen LogP contribution in [0.25, 0.3) is 0 Å². The molecule has 0 aliphatic rings. The van der Waals surface area contributed by atoms with Crippen LogP contribution < -0.4 is 10.6 Å². The van der Waals surface area contributed by atoms with Gasteiger partial charge in [0.05, 0.1) is 16.6 Å². The van der Waals surface area contributed by atoms with Gasteiger partial charge in [0.2, 0.25) is 0 Å². The molecule has 0 heterocycles. The number of rotatable bonds is 4. The van der Waals surface area contributed by atoms with Gasteiger partial charge in [0.1, 0.15) is 5.82 Å². The van der Waals surface area contributed by atoms with E-state index in [0.29, 0.717) is 0 Å². The van der Waals surface area contributed by atoms with Crippen molar-refractivity contribution in [3.05, 3.63) is 29.0 Å². The highest BCUT2D eigenvalue weighted by atomic mass is 35.5. The highest BCUT2D eigenvalue weighted by molar-refractivity contribution is 6.33. The van der Waals surface area contributed by atoms with Crippen LogP contribution in [0.4, 0.5) is 14.9 Å². The number of carbonyl (C=O) groups is 2. The Hall–Kier alpha value is -1.82. The smallest absolute Gasteiger partial charge is 0.319 e. The van der Waals surface area contributed by atoms with Crippen molar-refractivity contribution in [1.82, 2.24) is 5.32 Å². The Balaban J connectivity index is 2.65. The van der Waals surface area contributed by atoms with Crippen LogP contribution in [-0.2, 0) is 4.79 Å². The van der Waals surface area contributed by atoms with Gasteiger partial charge >= 0.3 is 12.0 Å². The molecule has 1 aromatic rings. The lowest BCUT2D eigenvalue weighted by Crippen LogP contribution is -2.42. The Bertz CT molecular complexity index is 496. The van der Waals surface area contributed by atoms with Gasteiger partial charge in [-0.25, -0.2) is 9.18 Å². The van der Waals surface area contributed by atoms with E-state index in [1.54, 1.807) is 6.92 Å². The number of benzene rings is 1. The first-order chi connectivity index (χ1) is 8.81. The molecule has 0 saturated carbocycles. The van der Waals surface area contributed by atoms with Crippen LogP contribution in [-0.4, -0.2) is 23.1 Å². The monoisotopic (exact) mass is 288 g/mol. The quantitative estimate of drug-likeness (QED) is 0.797. The minimum atomic E-state index is -1.02. The molecule has 0 saturated heterocycles. The third-order valence-corrected chi connectivity index (χ3v) is 3.00. The molecular weight excluding hydrogens is 275 g/mol. The fraction of sp³-hybridized carbons (Fsp3) is 0.333. The molecule has 2 amide bonds. The van der Waals surface area contributed by atoms with Gasteiger partial charge < -0.3 is 15.7 Å². The van der Waals surface area contributed by atoms with Crippen molar-refractivity contribution in [1.29, 1.82) is 0 Å². The molecule has 104 valence electrons. The van der Waals surface area contributed by atoms with Gasteiger partial charge in [0.25, 0.3) is 0 Å². The van der Waals surface area contributed by atoms with Crippen LogP contribution in [0.1, 0.15) is 13.8 Å². The first-order valence-corrected chi connectivity index (χ1v) is 5.94. The van der Waals surface area contributed by atoms with E-state index in [9.17, 15) is 14.0 Å². The molecule has 2 unspecified atom stereocenters. The van der Waals surface area contributed by atoms with Crippen molar-refractivity contribution < 1.29 is 19.1 Å². The van der Waals surface area contributed by atoms with Crippen molar-refractivity contribution in [2.75, 3.05) is 5.32 Å². The highest BCUT2D eigenvalue weighted by Crippen LogP contribution is 2.22. The van der Waals surface area contributed by atoms with Crippen molar-refractivity contribution >= 4 is 29.3 Å². The van der Waals surface area contributed by atoms with E-state index >= 15 is 0 Å². The lowest BCUT2D eigenvalue weighted by Gasteiger charge is -2.18. The van der Waals surface area contributed by atoms with Crippen LogP contribution in [0.2, 0.25) is 5.02 Å². The first kappa shape index (κ1) is 15.2. The van der Waals surface area contributed by atoms with Gasteiger partial charge in [-0.15, -0.1) is 0 Å². The molecule has 0 aliphatic carbocycles. The van der Waals surface area contributed by atoms with Crippen molar-refractivity contribution in [2.45, 2.75) is 19.9 Å². The summed E-state index contributed by atoms with van der Waals surface area (Å²) in [6.45, 7) is 3.04. The first-order valence-electron chi connectivity index (χ1n) is 5.56. The second-order valence-electron chi connectivity index (χ2n) is 4.14. The maximum Gasteiger partial charge on any atom is 0.319 e. The zero-order valence-corrected chi connectivity index (χ0v) is 11.2. The van der Waals surface area contributed by atoms with E-state index in [-0.39, 0.29) is 10.7 Å². The third kappa shape index (κ3) is 4.40. The second kappa shape index (κ2) is 6.38. The van der Waals surface area contributed by atoms with Gasteiger partial charge in [0.15, 0.2) is 0 Å². The number of carbonyl (C=O) groups excluding carboxylic acids is 1. The number of hydrogen-bond acceptors (Lipinski definition) is 2. The molecule has 0 bridgehead atoms. The van der Waals surface area contributed by atoms with Gasteiger partial charge in [-0.1, -0.05) is 11.6 Å². The van der Waals surface area contributed by atoms with Gasteiger partial charge in [0, 0.05) is 6.04 Å². The summed E-state index contributed by atoms with van der Waals surface area (Å²) in [6, 6.07) is 2.33. The van der Waals surface area contributed by atoms with E-state index < -0.39 is 29.8 Å². The molecule has 0 spiro atoms. The minimum Gasteiger partial charge on any atom is -0.481 e. The van der Waals surface area contributed by atoms with E-state index in [1.807, 2.05) is 0 Å². The summed E-state index contributed by atoms with van der Waals surface area (Å²) in [5.41, 5.74) is 0.120. The Morgan fingerprint density at radius 2 is 2.00 bits per heavy atom. The van der Waals surface area contributed by atoms with Crippen LogP contribution in [0, 0.1) is 11.7 Å². The normalized spacial score (nSPS) is 13.5. The second-order valence-corrected chi connectivity index (χ2v) is 4.55. The maximum absolute atomic E-state index is 13.0. The van der Waals surface area contributed by atoms with Crippen LogP contribution in [0.3, 0.4) is 0 Å². The summed E-state index contributed by atoms with van der Waals surface area (Å²) < 4.78 is 13.0. The Morgan fingerprint density at radius 3 is 2.58 bits per heavy atom. The minimum absolute atomic E-state index is 0.120. The number of amides is 2. The van der Waals surface area contributed by atoms with Crippen LogP contribution in [0.5, 0.6) is 0 Å². The number of anilines is 1. The molecule has 1 aromatic carbocycles. The van der Waals surface area contributed by atoms with Crippen LogP contribution >= 0.6 is 11.6 Å². The average Bonchev–Trinajstić information content (AvgIpc) is 2.32. The third-order valence-electron chi connectivity index (χ3n) is 2.67. The summed E-state index contributed by atoms with van der Waals surface area (Å²) in [5, 5.41) is 13.8. The van der Waals surface area contributed by atoms with E-state index in [0.717, 1.165) is 6.07 Å². The summed E-state index contributed by atoms with van der Waals surface area (Å²) in [5.74, 6) is -2.29. The summed E-state index contributed by atoms with van der Waals surface area (Å²) in [7, 11) is 0. The number of aliphatic carboxylic acids is 1. The molecular formula is C12H14ClFN2O3. The molecule has 2 atom stereocenters. The molecule has 0 aliphatic heterocycles.